The molecule has 2 atom stereocenters. The molecule has 0 spiro atoms. The third-order valence-electron chi connectivity index (χ3n) is 0.439. The van der Waals surface area contributed by atoms with Gasteiger partial charge in [-0.05, 0) is 0 Å². The Balaban J connectivity index is 3.43. The van der Waals surface area contributed by atoms with Crippen LogP contribution in [-0.2, 0) is 13.1 Å². The molecule has 0 amide bonds. The molecule has 0 aliphatic heterocycles. The van der Waals surface area contributed by atoms with E-state index < -0.39 is 25.8 Å². The Morgan fingerprint density at radius 3 is 1.82 bits per heavy atom. The van der Waals surface area contributed by atoms with E-state index in [-0.39, 0.29) is 0 Å². The molecule has 7 nitrogen and oxygen atoms in total. The summed E-state index contributed by atoms with van der Waals surface area (Å²) in [5, 5.41) is 0. The summed E-state index contributed by atoms with van der Waals surface area (Å²) in [4.78, 5) is 33.5. The fourth-order valence-electron chi connectivity index (χ4n) is 0.170. The molecule has 0 saturated carbocycles. The van der Waals surface area contributed by atoms with Gasteiger partial charge < -0.3 is 24.1 Å². The van der Waals surface area contributed by atoms with Crippen molar-refractivity contribution < 1.29 is 32.7 Å². The van der Waals surface area contributed by atoms with Gasteiger partial charge in [0.2, 0.25) is 0 Å². The highest BCUT2D eigenvalue weighted by molar-refractivity contribution is 7.60. The first kappa shape index (κ1) is 12.0. The van der Waals surface area contributed by atoms with Gasteiger partial charge in [-0.15, -0.1) is 0 Å². The second kappa shape index (κ2) is 6.52. The minimum Gasteiger partial charge on any atom is -0.328 e. The third kappa shape index (κ3) is 7.37. The van der Waals surface area contributed by atoms with E-state index in [1.807, 2.05) is 0 Å². The minimum absolute atomic E-state index is 1.16. The van der Waals surface area contributed by atoms with Crippen LogP contribution < -0.4 is 0 Å². The van der Waals surface area contributed by atoms with E-state index in [2.05, 4.69) is 13.1 Å². The zero-order valence-corrected chi connectivity index (χ0v) is 8.04. The zero-order chi connectivity index (χ0) is 8.85. The summed E-state index contributed by atoms with van der Waals surface area (Å²) >= 11 is 0. The molecule has 0 saturated heterocycles. The first-order valence-corrected chi connectivity index (χ1v) is 5.55. The van der Waals surface area contributed by atoms with Crippen LogP contribution in [0.25, 0.3) is 0 Å². The highest BCUT2D eigenvalue weighted by Crippen LogP contribution is 2.54. The molecule has 0 aliphatic rings. The van der Waals surface area contributed by atoms with Gasteiger partial charge in [0.25, 0.3) is 0 Å². The van der Waals surface area contributed by atoms with E-state index in [0.717, 1.165) is 7.11 Å². The fraction of sp³-hybridized carbons (Fsp3) is 1.00. The highest BCUT2D eigenvalue weighted by Gasteiger charge is 2.18. The van der Waals surface area contributed by atoms with Crippen molar-refractivity contribution in [2.45, 2.75) is 0 Å². The predicted molar refractivity (Wildman–Crippen MR) is 38.8 cm³/mol. The largest absolute Gasteiger partial charge is 0.344 e. The Hall–Kier alpha value is 1.01. The van der Waals surface area contributed by atoms with Crippen molar-refractivity contribution in [2.24, 2.45) is 0 Å². The molecule has 0 aromatic heterocycles. The van der Waals surface area contributed by atoms with Crippen molar-refractivity contribution in [2.75, 3.05) is 7.11 Å². The summed E-state index contributed by atoms with van der Waals surface area (Å²) in [6, 6.07) is 0. The second-order valence-electron chi connectivity index (χ2n) is 1.07. The topological polar surface area (TPSA) is 109 Å². The van der Waals surface area contributed by atoms with E-state index in [4.69, 9.17) is 19.6 Å². The van der Waals surface area contributed by atoms with E-state index in [9.17, 15) is 0 Å². The predicted octanol–water partition coefficient (Wildman–Crippen LogP) is 0.316. The van der Waals surface area contributed by atoms with Gasteiger partial charge >= 0.3 is 25.8 Å². The number of rotatable bonds is 5. The highest BCUT2D eigenvalue weighted by atomic mass is 31.3. The van der Waals surface area contributed by atoms with E-state index >= 15 is 0 Å². The summed E-state index contributed by atoms with van der Waals surface area (Å²) in [5.41, 5.74) is 0. The standard InChI is InChI=1S/CH7O7P3/c1-6-10(4)8-11(5)7-9(2)3/h2-5H,1H3. The Kier molecular flexibility index (Phi) is 7.12. The molecule has 0 bridgehead atoms. The van der Waals surface area contributed by atoms with E-state index in [0.29, 0.717) is 0 Å². The molecule has 4 N–H and O–H groups in total. The monoisotopic (exact) mass is 224 g/mol. The second-order valence-corrected chi connectivity index (χ2v) is 4.20. The Morgan fingerprint density at radius 1 is 0.909 bits per heavy atom. The Morgan fingerprint density at radius 2 is 1.45 bits per heavy atom. The molecule has 0 fully saturated rings. The Bertz CT molecular complexity index is 97.7. The van der Waals surface area contributed by atoms with Gasteiger partial charge in [-0.25, -0.2) is 8.62 Å². The summed E-state index contributed by atoms with van der Waals surface area (Å²) in [5.74, 6) is 0. The van der Waals surface area contributed by atoms with Crippen LogP contribution in [0.4, 0.5) is 0 Å². The fourth-order valence-corrected chi connectivity index (χ4v) is 1.80. The van der Waals surface area contributed by atoms with Crippen molar-refractivity contribution in [3.8, 4) is 0 Å². The van der Waals surface area contributed by atoms with Crippen LogP contribution in [0.3, 0.4) is 0 Å². The molecule has 11 heavy (non-hydrogen) atoms. The lowest BCUT2D eigenvalue weighted by Crippen LogP contribution is -1.83. The van der Waals surface area contributed by atoms with Gasteiger partial charge in [-0.3, -0.25) is 0 Å². The molecule has 10 heteroatoms. The quantitative estimate of drug-likeness (QED) is 0.497. The summed E-state index contributed by atoms with van der Waals surface area (Å²) < 4.78 is 12.4. The Labute approximate surface area is 66.5 Å². The molecular weight excluding hydrogens is 217 g/mol. The van der Waals surface area contributed by atoms with Crippen molar-refractivity contribution >= 4 is 25.8 Å². The summed E-state index contributed by atoms with van der Waals surface area (Å²) in [6.07, 6.45) is 0. The summed E-state index contributed by atoms with van der Waals surface area (Å²) in [6.45, 7) is 0. The van der Waals surface area contributed by atoms with E-state index in [1.54, 1.807) is 0 Å². The van der Waals surface area contributed by atoms with Crippen LogP contribution in [-0.4, -0.2) is 26.7 Å². The van der Waals surface area contributed by atoms with E-state index in [1.165, 1.54) is 0 Å². The van der Waals surface area contributed by atoms with Gasteiger partial charge in [0, 0.05) is 7.11 Å². The van der Waals surface area contributed by atoms with Gasteiger partial charge in [-0.1, -0.05) is 0 Å². The van der Waals surface area contributed by atoms with Crippen LogP contribution in [0.15, 0.2) is 0 Å². The minimum atomic E-state index is -2.68. The first-order valence-electron chi connectivity index (χ1n) is 2.12. The first-order chi connectivity index (χ1) is 5.06. The SMILES string of the molecule is COP(O)OP(O)OP(O)O. The normalized spacial score (nSPS) is 16.9. The molecule has 0 heterocycles. The number of hydrogen-bond donors (Lipinski definition) is 4. The zero-order valence-electron chi connectivity index (χ0n) is 5.36. The molecule has 2 unspecified atom stereocenters. The molecule has 0 radical (unpaired) electrons. The van der Waals surface area contributed by atoms with Crippen LogP contribution in [0, 0.1) is 0 Å². The average Bonchev–Trinajstić information content (AvgIpc) is 1.85. The molecule has 0 aliphatic carbocycles. The van der Waals surface area contributed by atoms with Gasteiger partial charge in [0.1, 0.15) is 0 Å². The molecule has 0 aromatic carbocycles. The van der Waals surface area contributed by atoms with Gasteiger partial charge in [0.15, 0.2) is 0 Å². The third-order valence-corrected chi connectivity index (χ3v) is 3.01. The van der Waals surface area contributed by atoms with Crippen LogP contribution in [0.2, 0.25) is 0 Å². The lowest BCUT2D eigenvalue weighted by atomic mass is 11.8. The lowest BCUT2D eigenvalue weighted by Gasteiger charge is -2.11. The maximum absolute atomic E-state index is 8.61. The van der Waals surface area contributed by atoms with Crippen LogP contribution in [0.1, 0.15) is 0 Å². The van der Waals surface area contributed by atoms with Crippen LogP contribution in [0.5, 0.6) is 0 Å². The van der Waals surface area contributed by atoms with Crippen molar-refractivity contribution in [1.29, 1.82) is 0 Å². The van der Waals surface area contributed by atoms with Crippen molar-refractivity contribution in [1.82, 2.24) is 0 Å². The maximum Gasteiger partial charge on any atom is 0.344 e. The summed E-state index contributed by atoms with van der Waals surface area (Å²) in [7, 11) is -6.20. The molecular formula is CH7O7P3. The van der Waals surface area contributed by atoms with Crippen LogP contribution >= 0.6 is 25.8 Å². The lowest BCUT2D eigenvalue weighted by molar-refractivity contribution is 0.282. The average molecular weight is 224 g/mol. The molecule has 0 aromatic rings. The number of hydrogen-bond acceptors (Lipinski definition) is 7. The van der Waals surface area contributed by atoms with Gasteiger partial charge in [-0.2, -0.15) is 0 Å². The van der Waals surface area contributed by atoms with Crippen molar-refractivity contribution in [3.63, 3.8) is 0 Å². The van der Waals surface area contributed by atoms with Crippen molar-refractivity contribution in [3.05, 3.63) is 0 Å². The molecule has 68 valence electrons. The smallest absolute Gasteiger partial charge is 0.328 e. The maximum atomic E-state index is 8.61. The molecule has 0 rings (SSSR count). The van der Waals surface area contributed by atoms with Gasteiger partial charge in [0.05, 0.1) is 0 Å².